The number of halogens is 1. The third kappa shape index (κ3) is 5.19. The Labute approximate surface area is 157 Å². The lowest BCUT2D eigenvalue weighted by Crippen LogP contribution is -2.47. The molecule has 3 aliphatic rings. The number of nitrogens with one attached hydrogen (secondary N) is 2. The fraction of sp³-hybridized carbons (Fsp3) is 0.941. The van der Waals surface area contributed by atoms with Crippen LogP contribution >= 0.6 is 24.0 Å². The summed E-state index contributed by atoms with van der Waals surface area (Å²) in [4.78, 5) is 7.02. The van der Waals surface area contributed by atoms with Crippen molar-refractivity contribution in [3.63, 3.8) is 0 Å². The monoisotopic (exact) mass is 436 g/mol. The van der Waals surface area contributed by atoms with Crippen LogP contribution in [0.15, 0.2) is 4.99 Å². The van der Waals surface area contributed by atoms with Crippen LogP contribution in [0.4, 0.5) is 0 Å². The molecule has 0 spiro atoms. The zero-order valence-electron chi connectivity index (χ0n) is 14.3. The highest BCUT2D eigenvalue weighted by atomic mass is 127. The van der Waals surface area contributed by atoms with E-state index >= 15 is 0 Å². The van der Waals surface area contributed by atoms with Crippen molar-refractivity contribution in [2.45, 2.75) is 69.6 Å². The Kier molecular flexibility index (Phi) is 7.88. The first-order valence-electron chi connectivity index (χ1n) is 9.15. The van der Waals surface area contributed by atoms with E-state index in [1.54, 1.807) is 0 Å². The summed E-state index contributed by atoms with van der Waals surface area (Å²) in [5.41, 5.74) is 0. The van der Waals surface area contributed by atoms with Gasteiger partial charge in [-0.3, -0.25) is 9.89 Å². The van der Waals surface area contributed by atoms with E-state index in [4.69, 9.17) is 0 Å². The van der Waals surface area contributed by atoms with Gasteiger partial charge in [0.15, 0.2) is 5.96 Å². The number of nitrogens with zero attached hydrogens (tertiary/aromatic N) is 2. The van der Waals surface area contributed by atoms with Crippen LogP contribution < -0.4 is 10.6 Å². The molecule has 0 radical (unpaired) electrons. The minimum atomic E-state index is -0.130. The van der Waals surface area contributed by atoms with Gasteiger partial charge in [0.2, 0.25) is 0 Å². The summed E-state index contributed by atoms with van der Waals surface area (Å²) in [5.74, 6) is 1.29. The van der Waals surface area contributed by atoms with Crippen molar-refractivity contribution in [3.05, 3.63) is 0 Å². The molecule has 2 aliphatic carbocycles. The number of likely N-dealkylation sites (tertiary alicyclic amines) is 1. The summed E-state index contributed by atoms with van der Waals surface area (Å²) in [5, 5.41) is 16.9. The first kappa shape index (κ1) is 19.2. The Hall–Kier alpha value is -0.0800. The Morgan fingerprint density at radius 2 is 1.91 bits per heavy atom. The minimum Gasteiger partial charge on any atom is -0.393 e. The molecule has 3 atom stereocenters. The van der Waals surface area contributed by atoms with Crippen LogP contribution in [0.25, 0.3) is 0 Å². The number of guanidine groups is 1. The van der Waals surface area contributed by atoms with Crippen LogP contribution in [0.2, 0.25) is 0 Å². The molecule has 1 saturated heterocycles. The maximum Gasteiger partial charge on any atom is 0.191 e. The SMILES string of the molecule is CN=C(NCC1CCCC1O)NC1CCN(C2CCCC2)C1.I. The fourth-order valence-corrected chi connectivity index (χ4v) is 4.38. The number of aliphatic hydroxyl groups excluding tert-OH is 1. The average molecular weight is 436 g/mol. The molecule has 0 aromatic rings. The van der Waals surface area contributed by atoms with Crippen molar-refractivity contribution in [3.8, 4) is 0 Å². The molecule has 0 bridgehead atoms. The van der Waals surface area contributed by atoms with Crippen LogP contribution in [-0.4, -0.2) is 60.8 Å². The second-order valence-corrected chi connectivity index (χ2v) is 7.27. The number of hydrogen-bond acceptors (Lipinski definition) is 3. The normalized spacial score (nSPS) is 33.0. The Morgan fingerprint density at radius 3 is 2.57 bits per heavy atom. The fourth-order valence-electron chi connectivity index (χ4n) is 4.38. The molecule has 3 fully saturated rings. The van der Waals surface area contributed by atoms with E-state index in [1.165, 1.54) is 38.6 Å². The van der Waals surface area contributed by atoms with E-state index in [0.717, 1.165) is 44.4 Å². The van der Waals surface area contributed by atoms with E-state index in [9.17, 15) is 5.11 Å². The van der Waals surface area contributed by atoms with Crippen LogP contribution in [0.1, 0.15) is 51.4 Å². The topological polar surface area (TPSA) is 59.9 Å². The molecule has 0 aromatic carbocycles. The van der Waals surface area contributed by atoms with Crippen molar-refractivity contribution in [1.29, 1.82) is 0 Å². The molecule has 5 nitrogen and oxygen atoms in total. The van der Waals surface area contributed by atoms with Crippen molar-refractivity contribution >= 4 is 29.9 Å². The first-order chi connectivity index (χ1) is 10.8. The van der Waals surface area contributed by atoms with Gasteiger partial charge < -0.3 is 15.7 Å². The largest absolute Gasteiger partial charge is 0.393 e. The minimum absolute atomic E-state index is 0. The van der Waals surface area contributed by atoms with Gasteiger partial charge in [0.25, 0.3) is 0 Å². The Morgan fingerprint density at radius 1 is 1.13 bits per heavy atom. The summed E-state index contributed by atoms with van der Waals surface area (Å²) < 4.78 is 0. The molecule has 1 heterocycles. The third-order valence-corrected chi connectivity index (χ3v) is 5.78. The summed E-state index contributed by atoms with van der Waals surface area (Å²) >= 11 is 0. The smallest absolute Gasteiger partial charge is 0.191 e. The highest BCUT2D eigenvalue weighted by molar-refractivity contribution is 14.0. The van der Waals surface area contributed by atoms with Gasteiger partial charge in [-0.2, -0.15) is 0 Å². The molecule has 3 unspecified atom stereocenters. The van der Waals surface area contributed by atoms with Gasteiger partial charge >= 0.3 is 0 Å². The molecule has 0 aromatic heterocycles. The number of aliphatic imine (C=N–C) groups is 1. The lowest BCUT2D eigenvalue weighted by molar-refractivity contribution is 0.134. The molecular weight excluding hydrogens is 403 g/mol. The van der Waals surface area contributed by atoms with Crippen molar-refractivity contribution < 1.29 is 5.11 Å². The van der Waals surface area contributed by atoms with Crippen LogP contribution in [-0.2, 0) is 0 Å². The summed E-state index contributed by atoms with van der Waals surface area (Å²) in [6.45, 7) is 3.21. The summed E-state index contributed by atoms with van der Waals surface area (Å²) in [6, 6.07) is 1.34. The van der Waals surface area contributed by atoms with Crippen molar-refractivity contribution in [2.24, 2.45) is 10.9 Å². The third-order valence-electron chi connectivity index (χ3n) is 5.78. The number of hydrogen-bond donors (Lipinski definition) is 3. The van der Waals surface area contributed by atoms with Crippen LogP contribution in [0, 0.1) is 5.92 Å². The zero-order valence-corrected chi connectivity index (χ0v) is 16.7. The molecule has 134 valence electrons. The lowest BCUT2D eigenvalue weighted by Gasteiger charge is -2.24. The summed E-state index contributed by atoms with van der Waals surface area (Å²) in [7, 11) is 1.84. The van der Waals surface area contributed by atoms with E-state index in [-0.39, 0.29) is 30.1 Å². The molecule has 23 heavy (non-hydrogen) atoms. The molecule has 3 N–H and O–H groups in total. The maximum atomic E-state index is 9.91. The van der Waals surface area contributed by atoms with Gasteiger partial charge in [0.1, 0.15) is 0 Å². The van der Waals surface area contributed by atoms with Crippen LogP contribution in [0.3, 0.4) is 0 Å². The van der Waals surface area contributed by atoms with E-state index in [0.29, 0.717) is 12.0 Å². The second-order valence-electron chi connectivity index (χ2n) is 7.27. The van der Waals surface area contributed by atoms with Crippen LogP contribution in [0.5, 0.6) is 0 Å². The number of aliphatic hydroxyl groups is 1. The molecule has 0 amide bonds. The van der Waals surface area contributed by atoms with E-state index in [1.807, 2.05) is 7.05 Å². The van der Waals surface area contributed by atoms with E-state index < -0.39 is 0 Å². The maximum absolute atomic E-state index is 9.91. The predicted molar refractivity (Wildman–Crippen MR) is 105 cm³/mol. The Bertz CT molecular complexity index is 387. The Balaban J connectivity index is 0.00000192. The highest BCUT2D eigenvalue weighted by Crippen LogP contribution is 2.26. The standard InChI is InChI=1S/C17H32N4O.HI/c1-18-17(19-11-13-5-4-8-16(13)22)20-14-9-10-21(12-14)15-6-2-3-7-15;/h13-16,22H,2-12H2,1H3,(H2,18,19,20);1H. The van der Waals surface area contributed by atoms with Gasteiger partial charge in [0, 0.05) is 44.7 Å². The molecule has 3 rings (SSSR count). The zero-order chi connectivity index (χ0) is 15.4. The molecule has 1 aliphatic heterocycles. The second kappa shape index (κ2) is 9.42. The number of rotatable bonds is 4. The summed E-state index contributed by atoms with van der Waals surface area (Å²) in [6.07, 6.45) is 9.91. The van der Waals surface area contributed by atoms with Crippen molar-refractivity contribution in [1.82, 2.24) is 15.5 Å². The van der Waals surface area contributed by atoms with E-state index in [2.05, 4.69) is 20.5 Å². The molecule has 2 saturated carbocycles. The molecular formula is C17H33IN4O. The average Bonchev–Trinajstić information content (AvgIpc) is 3.25. The van der Waals surface area contributed by atoms with Gasteiger partial charge in [-0.25, -0.2) is 0 Å². The first-order valence-corrected chi connectivity index (χ1v) is 9.15. The highest BCUT2D eigenvalue weighted by Gasteiger charge is 2.30. The quantitative estimate of drug-likeness (QED) is 0.358. The van der Waals surface area contributed by atoms with Gasteiger partial charge in [-0.1, -0.05) is 19.3 Å². The van der Waals surface area contributed by atoms with Crippen molar-refractivity contribution in [2.75, 3.05) is 26.7 Å². The predicted octanol–water partition coefficient (Wildman–Crippen LogP) is 1.95. The lowest BCUT2D eigenvalue weighted by atomic mass is 10.1. The van der Waals surface area contributed by atoms with Gasteiger partial charge in [-0.05, 0) is 32.1 Å². The molecule has 6 heteroatoms. The van der Waals surface area contributed by atoms with Gasteiger partial charge in [-0.15, -0.1) is 24.0 Å². The van der Waals surface area contributed by atoms with Gasteiger partial charge in [0.05, 0.1) is 6.10 Å².